The molecule has 0 aliphatic carbocycles. The zero-order valence-electron chi connectivity index (χ0n) is 13.3. The minimum absolute atomic E-state index is 1.05. The van der Waals surface area contributed by atoms with Crippen LogP contribution in [0.1, 0.15) is 33.3 Å². The fourth-order valence-electron chi connectivity index (χ4n) is 1.85. The Hall–Kier alpha value is -2.02. The van der Waals surface area contributed by atoms with E-state index in [9.17, 15) is 0 Å². The van der Waals surface area contributed by atoms with E-state index in [-0.39, 0.29) is 0 Å². The molecule has 0 atom stereocenters. The van der Waals surface area contributed by atoms with Crippen LogP contribution in [-0.4, -0.2) is 4.57 Å². The standard InChI is InChI=1S/C17H19N.C2H6/c1-13(2)5-10-17-15(4)11-12-18(17)16-8-6-14(3)7-9-16;1-2/h5-12H,4H2,1-3H3;1-2H3/b17-10+;. The van der Waals surface area contributed by atoms with Gasteiger partial charge in [-0.1, -0.05) is 49.8 Å². The van der Waals surface area contributed by atoms with Gasteiger partial charge in [-0.3, -0.25) is 0 Å². The Kier molecular flexibility index (Phi) is 6.05. The Morgan fingerprint density at radius 1 is 1.05 bits per heavy atom. The lowest BCUT2D eigenvalue weighted by Gasteiger charge is -2.04. The van der Waals surface area contributed by atoms with Crippen molar-refractivity contribution in [3.63, 3.8) is 0 Å². The molecule has 0 bridgehead atoms. The number of allylic oxidation sites excluding steroid dienone is 2. The molecule has 1 aromatic carbocycles. The van der Waals surface area contributed by atoms with Gasteiger partial charge in [0.15, 0.2) is 0 Å². The van der Waals surface area contributed by atoms with Crippen LogP contribution in [0.5, 0.6) is 0 Å². The summed E-state index contributed by atoms with van der Waals surface area (Å²) in [6, 6.07) is 10.6. The molecule has 2 aromatic rings. The Balaban J connectivity index is 0.000000956. The van der Waals surface area contributed by atoms with Crippen molar-refractivity contribution < 1.29 is 0 Å². The van der Waals surface area contributed by atoms with E-state index in [1.54, 1.807) is 0 Å². The summed E-state index contributed by atoms with van der Waals surface area (Å²) >= 11 is 0. The molecule has 0 spiro atoms. The highest BCUT2D eigenvalue weighted by molar-refractivity contribution is 5.42. The normalized spacial score (nSPS) is 10.8. The van der Waals surface area contributed by atoms with Gasteiger partial charge in [0.05, 0.1) is 5.35 Å². The van der Waals surface area contributed by atoms with E-state index in [2.05, 4.69) is 74.5 Å². The average Bonchev–Trinajstić information content (AvgIpc) is 2.81. The highest BCUT2D eigenvalue weighted by atomic mass is 15.0. The maximum atomic E-state index is 4.08. The lowest BCUT2D eigenvalue weighted by atomic mass is 10.2. The first-order valence-corrected chi connectivity index (χ1v) is 7.16. The molecule has 1 heteroatoms. The molecule has 1 nitrogen and oxygen atoms in total. The summed E-state index contributed by atoms with van der Waals surface area (Å²) in [5, 5.41) is 2.19. The number of aromatic nitrogens is 1. The van der Waals surface area contributed by atoms with E-state index >= 15 is 0 Å². The predicted octanol–water partition coefficient (Wildman–Crippen LogP) is 3.97. The lowest BCUT2D eigenvalue weighted by molar-refractivity contribution is 1.03. The van der Waals surface area contributed by atoms with Gasteiger partial charge in [-0.15, -0.1) is 0 Å². The molecule has 0 amide bonds. The van der Waals surface area contributed by atoms with Crippen LogP contribution in [-0.2, 0) is 0 Å². The summed E-state index contributed by atoms with van der Waals surface area (Å²) < 4.78 is 2.17. The molecular formula is C19H25N. The monoisotopic (exact) mass is 267 g/mol. The summed E-state index contributed by atoms with van der Waals surface area (Å²) in [7, 11) is 0. The van der Waals surface area contributed by atoms with Gasteiger partial charge in [0.1, 0.15) is 0 Å². The highest BCUT2D eigenvalue weighted by Crippen LogP contribution is 2.06. The molecule has 1 aromatic heterocycles. The minimum Gasteiger partial charge on any atom is -0.317 e. The van der Waals surface area contributed by atoms with E-state index in [0.717, 1.165) is 10.6 Å². The third-order valence-electron chi connectivity index (χ3n) is 2.90. The number of benzene rings is 1. The first kappa shape index (κ1) is 16.0. The topological polar surface area (TPSA) is 4.93 Å². The predicted molar refractivity (Wildman–Crippen MR) is 90.5 cm³/mol. The third-order valence-corrected chi connectivity index (χ3v) is 2.90. The van der Waals surface area contributed by atoms with Crippen molar-refractivity contribution in [1.29, 1.82) is 0 Å². The summed E-state index contributed by atoms with van der Waals surface area (Å²) in [5.74, 6) is 0. The zero-order valence-corrected chi connectivity index (χ0v) is 13.3. The maximum Gasteiger partial charge on any atom is 0.0522 e. The summed E-state index contributed by atoms with van der Waals surface area (Å²) in [5.41, 5.74) is 3.73. The van der Waals surface area contributed by atoms with Crippen LogP contribution in [0.2, 0.25) is 0 Å². The van der Waals surface area contributed by atoms with E-state index < -0.39 is 0 Å². The lowest BCUT2D eigenvalue weighted by Crippen LogP contribution is -2.26. The van der Waals surface area contributed by atoms with Crippen molar-refractivity contribution in [3.05, 3.63) is 64.3 Å². The second-order valence-corrected chi connectivity index (χ2v) is 4.84. The maximum absolute atomic E-state index is 4.08. The van der Waals surface area contributed by atoms with Crippen molar-refractivity contribution in [2.45, 2.75) is 34.6 Å². The van der Waals surface area contributed by atoms with E-state index in [0.29, 0.717) is 0 Å². The first-order chi connectivity index (χ1) is 9.58. The van der Waals surface area contributed by atoms with Gasteiger partial charge in [-0.2, -0.15) is 0 Å². The number of hydrogen-bond acceptors (Lipinski definition) is 0. The Morgan fingerprint density at radius 3 is 2.20 bits per heavy atom. The molecule has 0 saturated carbocycles. The molecular weight excluding hydrogens is 242 g/mol. The Morgan fingerprint density at radius 2 is 1.65 bits per heavy atom. The van der Waals surface area contributed by atoms with Crippen LogP contribution in [0.15, 0.2) is 48.2 Å². The molecule has 0 saturated heterocycles. The molecule has 0 radical (unpaired) electrons. The van der Waals surface area contributed by atoms with Gasteiger partial charge < -0.3 is 4.57 Å². The molecule has 0 aliphatic heterocycles. The molecule has 0 unspecified atom stereocenters. The zero-order chi connectivity index (χ0) is 15.1. The van der Waals surface area contributed by atoms with Gasteiger partial charge in [-0.05, 0) is 50.3 Å². The highest BCUT2D eigenvalue weighted by Gasteiger charge is 1.97. The SMILES string of the molecule is C=c1ccn(-c2ccc(C)cc2)/c1=C/C=C(C)C.CC. The van der Waals surface area contributed by atoms with Crippen molar-refractivity contribution in [2.75, 3.05) is 0 Å². The van der Waals surface area contributed by atoms with Gasteiger partial charge >= 0.3 is 0 Å². The molecule has 0 N–H and O–H groups in total. The van der Waals surface area contributed by atoms with Crippen LogP contribution >= 0.6 is 0 Å². The summed E-state index contributed by atoms with van der Waals surface area (Å²) in [6.45, 7) is 14.4. The quantitative estimate of drug-likeness (QED) is 0.776. The number of rotatable bonds is 2. The largest absolute Gasteiger partial charge is 0.317 e. The average molecular weight is 267 g/mol. The van der Waals surface area contributed by atoms with Crippen LogP contribution in [0.4, 0.5) is 0 Å². The van der Waals surface area contributed by atoms with E-state index in [4.69, 9.17) is 0 Å². The van der Waals surface area contributed by atoms with Crippen LogP contribution in [0.25, 0.3) is 18.3 Å². The molecule has 20 heavy (non-hydrogen) atoms. The number of nitrogens with zero attached hydrogens (tertiary/aromatic N) is 1. The number of hydrogen-bond donors (Lipinski definition) is 0. The second kappa shape index (κ2) is 7.54. The second-order valence-electron chi connectivity index (χ2n) is 4.84. The van der Waals surface area contributed by atoms with Gasteiger partial charge in [0.25, 0.3) is 0 Å². The van der Waals surface area contributed by atoms with Crippen LogP contribution in [0.3, 0.4) is 0 Å². The third kappa shape index (κ3) is 3.99. The smallest absolute Gasteiger partial charge is 0.0522 e. The molecule has 0 aliphatic rings. The first-order valence-electron chi connectivity index (χ1n) is 7.16. The fourth-order valence-corrected chi connectivity index (χ4v) is 1.85. The van der Waals surface area contributed by atoms with Crippen molar-refractivity contribution in [1.82, 2.24) is 4.57 Å². The van der Waals surface area contributed by atoms with Gasteiger partial charge in [0, 0.05) is 11.9 Å². The van der Waals surface area contributed by atoms with Gasteiger partial charge in [0.2, 0.25) is 0 Å². The molecule has 106 valence electrons. The minimum atomic E-state index is 1.05. The van der Waals surface area contributed by atoms with E-state index in [1.807, 2.05) is 19.9 Å². The van der Waals surface area contributed by atoms with Gasteiger partial charge in [-0.25, -0.2) is 0 Å². The molecule has 2 rings (SSSR count). The van der Waals surface area contributed by atoms with Crippen molar-refractivity contribution >= 4 is 12.7 Å². The molecule has 0 fully saturated rings. The Labute approximate surface area is 122 Å². The van der Waals surface area contributed by atoms with Crippen LogP contribution < -0.4 is 10.6 Å². The molecule has 1 heterocycles. The number of aryl methyl sites for hydroxylation is 1. The van der Waals surface area contributed by atoms with Crippen LogP contribution in [0, 0.1) is 6.92 Å². The van der Waals surface area contributed by atoms with E-state index in [1.165, 1.54) is 16.8 Å². The fraction of sp³-hybridized carbons (Fsp3) is 0.263. The summed E-state index contributed by atoms with van der Waals surface area (Å²) in [4.78, 5) is 0. The van der Waals surface area contributed by atoms with Crippen molar-refractivity contribution in [2.24, 2.45) is 0 Å². The Bertz CT molecular complexity index is 666. The van der Waals surface area contributed by atoms with Crippen molar-refractivity contribution in [3.8, 4) is 5.69 Å². The summed E-state index contributed by atoms with van der Waals surface area (Å²) in [6.07, 6.45) is 6.31.